The molecule has 1 aromatic rings. The molecule has 0 spiro atoms. The summed E-state index contributed by atoms with van der Waals surface area (Å²) >= 11 is 0. The Hall–Kier alpha value is -1.55. The van der Waals surface area contributed by atoms with Gasteiger partial charge in [-0.3, -0.25) is 4.79 Å². The van der Waals surface area contributed by atoms with E-state index in [-0.39, 0.29) is 12.0 Å². The van der Waals surface area contributed by atoms with Crippen molar-refractivity contribution in [3.8, 4) is 0 Å². The van der Waals surface area contributed by atoms with E-state index in [9.17, 15) is 9.90 Å². The highest BCUT2D eigenvalue weighted by molar-refractivity contribution is 5.72. The van der Waals surface area contributed by atoms with Gasteiger partial charge in [-0.25, -0.2) is 0 Å². The minimum atomic E-state index is -0.623. The highest BCUT2D eigenvalue weighted by Gasteiger charge is 2.50. The van der Waals surface area contributed by atoms with E-state index >= 15 is 0 Å². The van der Waals surface area contributed by atoms with Gasteiger partial charge in [0.1, 0.15) is 0 Å². The quantitative estimate of drug-likeness (QED) is 0.873. The van der Waals surface area contributed by atoms with Gasteiger partial charge in [0, 0.05) is 32.4 Å². The van der Waals surface area contributed by atoms with E-state index in [4.69, 9.17) is 0 Å². The molecule has 2 saturated carbocycles. The third-order valence-electron chi connectivity index (χ3n) is 5.20. The van der Waals surface area contributed by atoms with Crippen LogP contribution < -0.4 is 10.2 Å². The minimum absolute atomic E-state index is 0.148. The molecule has 3 rings (SSSR count). The number of hydrogen-bond acceptors (Lipinski definition) is 3. The van der Waals surface area contributed by atoms with Crippen molar-refractivity contribution in [2.75, 3.05) is 19.0 Å². The van der Waals surface area contributed by atoms with Crippen LogP contribution in [0.2, 0.25) is 0 Å². The third kappa shape index (κ3) is 2.77. The predicted octanol–water partition coefficient (Wildman–Crippen LogP) is 2.34. The van der Waals surface area contributed by atoms with Crippen molar-refractivity contribution >= 4 is 11.7 Å². The van der Waals surface area contributed by atoms with Gasteiger partial charge in [-0.1, -0.05) is 12.1 Å². The minimum Gasteiger partial charge on any atom is -0.481 e. The van der Waals surface area contributed by atoms with Crippen LogP contribution in [-0.4, -0.2) is 31.2 Å². The van der Waals surface area contributed by atoms with Crippen LogP contribution in [0.3, 0.4) is 0 Å². The maximum Gasteiger partial charge on any atom is 0.308 e. The Morgan fingerprint density at radius 1 is 1.24 bits per heavy atom. The maximum absolute atomic E-state index is 11.5. The average molecular weight is 288 g/mol. The monoisotopic (exact) mass is 288 g/mol. The molecule has 21 heavy (non-hydrogen) atoms. The number of benzene rings is 1. The van der Waals surface area contributed by atoms with Crippen molar-refractivity contribution in [1.29, 1.82) is 0 Å². The van der Waals surface area contributed by atoms with Gasteiger partial charge >= 0.3 is 5.97 Å². The Morgan fingerprint density at radius 3 is 2.52 bits per heavy atom. The van der Waals surface area contributed by atoms with Crippen molar-refractivity contribution in [1.82, 2.24) is 5.32 Å². The molecule has 0 radical (unpaired) electrons. The fraction of sp³-hybridized carbons (Fsp3) is 0.588. The molecule has 2 N–H and O–H groups in total. The summed E-state index contributed by atoms with van der Waals surface area (Å²) < 4.78 is 0. The smallest absolute Gasteiger partial charge is 0.308 e. The number of rotatable bonds is 5. The number of carboxylic acid groups (broad SMARTS) is 1. The number of anilines is 1. The third-order valence-corrected chi connectivity index (χ3v) is 5.20. The number of aliphatic carboxylic acids is 1. The van der Waals surface area contributed by atoms with Gasteiger partial charge in [0.05, 0.1) is 5.92 Å². The van der Waals surface area contributed by atoms with Crippen molar-refractivity contribution in [3.05, 3.63) is 29.8 Å². The molecule has 0 saturated heterocycles. The van der Waals surface area contributed by atoms with Crippen LogP contribution in [0.1, 0.15) is 24.8 Å². The summed E-state index contributed by atoms with van der Waals surface area (Å²) in [6.07, 6.45) is 3.37. The van der Waals surface area contributed by atoms with Crippen LogP contribution in [0.25, 0.3) is 0 Å². The lowest BCUT2D eigenvalue weighted by molar-refractivity contribution is -0.144. The maximum atomic E-state index is 11.5. The number of nitrogens with one attached hydrogen (secondary N) is 1. The Morgan fingerprint density at radius 2 is 1.90 bits per heavy atom. The Kier molecular flexibility index (Phi) is 3.89. The molecule has 0 aromatic heterocycles. The van der Waals surface area contributed by atoms with Gasteiger partial charge in [0.15, 0.2) is 0 Å². The molecule has 4 atom stereocenters. The van der Waals surface area contributed by atoms with Crippen LogP contribution in [0.15, 0.2) is 24.3 Å². The molecule has 4 unspecified atom stereocenters. The molecule has 4 nitrogen and oxygen atoms in total. The summed E-state index contributed by atoms with van der Waals surface area (Å²) in [5.41, 5.74) is 2.40. The first-order chi connectivity index (χ1) is 10.1. The van der Waals surface area contributed by atoms with Crippen molar-refractivity contribution in [3.63, 3.8) is 0 Å². The standard InChI is InChI=1S/C17H24N2O2/c1-19(2)14-7-3-11(4-8-14)10-18-16-13-6-5-12(9-13)15(16)17(20)21/h3-4,7-8,12-13,15-16,18H,5-6,9-10H2,1-2H3,(H,20,21). The second-order valence-electron chi connectivity index (χ2n) is 6.66. The van der Waals surface area contributed by atoms with Crippen molar-refractivity contribution < 1.29 is 9.90 Å². The SMILES string of the molecule is CN(C)c1ccc(CNC2C3CCC(C3)C2C(=O)O)cc1. The summed E-state index contributed by atoms with van der Waals surface area (Å²) in [4.78, 5) is 13.6. The number of nitrogens with zero attached hydrogens (tertiary/aromatic N) is 1. The molecule has 4 heteroatoms. The van der Waals surface area contributed by atoms with Gasteiger partial charge in [-0.2, -0.15) is 0 Å². The van der Waals surface area contributed by atoms with E-state index in [1.165, 1.54) is 17.7 Å². The van der Waals surface area contributed by atoms with Crippen LogP contribution in [0, 0.1) is 17.8 Å². The molecule has 2 bridgehead atoms. The van der Waals surface area contributed by atoms with E-state index in [0.717, 1.165) is 19.4 Å². The van der Waals surface area contributed by atoms with Gasteiger partial charge in [-0.05, 0) is 48.8 Å². The molecule has 0 aliphatic heterocycles. The predicted molar refractivity (Wildman–Crippen MR) is 83.4 cm³/mol. The topological polar surface area (TPSA) is 52.6 Å². The molecule has 2 aliphatic carbocycles. The molecular weight excluding hydrogens is 264 g/mol. The van der Waals surface area contributed by atoms with Gasteiger partial charge in [-0.15, -0.1) is 0 Å². The lowest BCUT2D eigenvalue weighted by Gasteiger charge is -2.29. The summed E-state index contributed by atoms with van der Waals surface area (Å²) in [7, 11) is 4.06. The number of carbonyl (C=O) groups is 1. The zero-order valence-electron chi connectivity index (χ0n) is 12.7. The lowest BCUT2D eigenvalue weighted by atomic mass is 9.84. The first-order valence-corrected chi connectivity index (χ1v) is 7.78. The molecular formula is C17H24N2O2. The lowest BCUT2D eigenvalue weighted by Crippen LogP contribution is -2.43. The zero-order valence-corrected chi connectivity index (χ0v) is 12.7. The first kappa shape index (κ1) is 14.4. The Balaban J connectivity index is 1.63. The summed E-state index contributed by atoms with van der Waals surface area (Å²) in [5.74, 6) is 0.130. The number of hydrogen-bond donors (Lipinski definition) is 2. The summed E-state index contributed by atoms with van der Waals surface area (Å²) in [5, 5.41) is 13.0. The largest absolute Gasteiger partial charge is 0.481 e. The summed E-state index contributed by atoms with van der Waals surface area (Å²) in [6.45, 7) is 0.755. The van der Waals surface area contributed by atoms with Crippen LogP contribution in [-0.2, 0) is 11.3 Å². The van der Waals surface area contributed by atoms with Crippen LogP contribution in [0.4, 0.5) is 5.69 Å². The van der Waals surface area contributed by atoms with E-state index in [1.807, 2.05) is 14.1 Å². The fourth-order valence-electron chi connectivity index (χ4n) is 4.09. The van der Waals surface area contributed by atoms with Gasteiger partial charge in [0.2, 0.25) is 0 Å². The van der Waals surface area contributed by atoms with Crippen LogP contribution in [0.5, 0.6) is 0 Å². The van der Waals surface area contributed by atoms with Crippen molar-refractivity contribution in [2.24, 2.45) is 17.8 Å². The molecule has 0 heterocycles. The van der Waals surface area contributed by atoms with Gasteiger partial charge in [0.25, 0.3) is 0 Å². The fourth-order valence-corrected chi connectivity index (χ4v) is 4.09. The number of fused-ring (bicyclic) bond motifs is 2. The summed E-state index contributed by atoms with van der Waals surface area (Å²) in [6, 6.07) is 8.59. The van der Waals surface area contributed by atoms with Gasteiger partial charge < -0.3 is 15.3 Å². The zero-order chi connectivity index (χ0) is 15.0. The van der Waals surface area contributed by atoms with Crippen LogP contribution >= 0.6 is 0 Å². The molecule has 114 valence electrons. The normalized spacial score (nSPS) is 30.6. The molecule has 1 aromatic carbocycles. The highest BCUT2D eigenvalue weighted by Crippen LogP contribution is 2.48. The molecule has 2 aliphatic rings. The number of carboxylic acids is 1. The molecule has 2 fully saturated rings. The highest BCUT2D eigenvalue weighted by atomic mass is 16.4. The van der Waals surface area contributed by atoms with E-state index < -0.39 is 5.97 Å². The first-order valence-electron chi connectivity index (χ1n) is 7.78. The van der Waals surface area contributed by atoms with Crippen molar-refractivity contribution in [2.45, 2.75) is 31.8 Å². The second-order valence-corrected chi connectivity index (χ2v) is 6.66. The average Bonchev–Trinajstić information content (AvgIpc) is 3.06. The van der Waals surface area contributed by atoms with E-state index in [2.05, 4.69) is 34.5 Å². The Bertz CT molecular complexity index is 512. The Labute approximate surface area is 126 Å². The van der Waals surface area contributed by atoms with E-state index in [0.29, 0.717) is 11.8 Å². The second kappa shape index (κ2) is 5.68. The van der Waals surface area contributed by atoms with E-state index in [1.54, 1.807) is 0 Å². The molecule has 0 amide bonds.